The number of H-pyrrole nitrogens is 1. The van der Waals surface area contributed by atoms with Crippen LogP contribution in [0.15, 0.2) is 52.2 Å². The van der Waals surface area contributed by atoms with E-state index in [0.29, 0.717) is 16.6 Å². The number of hydrogen-bond acceptors (Lipinski definition) is 5. The van der Waals surface area contributed by atoms with Crippen molar-refractivity contribution in [1.29, 1.82) is 0 Å². The molecular formula is C18H17N3O4. The zero-order chi connectivity index (χ0) is 18.0. The van der Waals surface area contributed by atoms with Gasteiger partial charge in [-0.3, -0.25) is 14.3 Å². The standard InChI is InChI=1S/C18H17N3O4/c1-3-21-16(22)13-8-7-12(10-15(13)20-18(21)24)17(23)25-11(2)14-6-4-5-9-19-14/h4-11H,3H2,1-2H3,(H,20,24). The zero-order valence-electron chi connectivity index (χ0n) is 13.9. The van der Waals surface area contributed by atoms with E-state index in [1.165, 1.54) is 18.2 Å². The lowest BCUT2D eigenvalue weighted by atomic mass is 10.1. The van der Waals surface area contributed by atoms with Crippen molar-refractivity contribution in [2.45, 2.75) is 26.5 Å². The molecular weight excluding hydrogens is 322 g/mol. The van der Waals surface area contributed by atoms with E-state index in [-0.39, 0.29) is 17.7 Å². The summed E-state index contributed by atoms with van der Waals surface area (Å²) in [6, 6.07) is 9.83. The van der Waals surface area contributed by atoms with Gasteiger partial charge in [0.25, 0.3) is 5.56 Å². The number of ether oxygens (including phenoxy) is 1. The number of carbonyl (C=O) groups excluding carboxylic acids is 1. The van der Waals surface area contributed by atoms with Crippen LogP contribution in [0, 0.1) is 0 Å². The molecule has 1 aromatic carbocycles. The summed E-state index contributed by atoms with van der Waals surface area (Å²) in [6.07, 6.45) is 1.11. The van der Waals surface area contributed by atoms with E-state index in [9.17, 15) is 14.4 Å². The molecule has 0 bridgehead atoms. The molecule has 2 aromatic heterocycles. The molecule has 7 nitrogen and oxygen atoms in total. The van der Waals surface area contributed by atoms with Crippen LogP contribution in [0.25, 0.3) is 10.9 Å². The summed E-state index contributed by atoms with van der Waals surface area (Å²) in [5.74, 6) is -0.555. The van der Waals surface area contributed by atoms with Crippen molar-refractivity contribution >= 4 is 16.9 Å². The van der Waals surface area contributed by atoms with Gasteiger partial charge in [-0.2, -0.15) is 0 Å². The maximum atomic E-state index is 12.3. The van der Waals surface area contributed by atoms with Gasteiger partial charge in [0.15, 0.2) is 0 Å². The number of pyridine rings is 1. The Labute approximate surface area is 142 Å². The molecule has 3 rings (SSSR count). The molecule has 0 saturated heterocycles. The number of esters is 1. The van der Waals surface area contributed by atoms with E-state index in [1.54, 1.807) is 32.2 Å². The molecule has 3 aromatic rings. The Hall–Kier alpha value is -3.22. The van der Waals surface area contributed by atoms with Crippen LogP contribution in [0.1, 0.15) is 36.0 Å². The highest BCUT2D eigenvalue weighted by Crippen LogP contribution is 2.17. The Morgan fingerprint density at radius 1 is 1.28 bits per heavy atom. The normalized spacial score (nSPS) is 12.1. The van der Waals surface area contributed by atoms with Gasteiger partial charge in [-0.1, -0.05) is 6.07 Å². The summed E-state index contributed by atoms with van der Waals surface area (Å²) >= 11 is 0. The topological polar surface area (TPSA) is 94.1 Å². The zero-order valence-corrected chi connectivity index (χ0v) is 13.9. The molecule has 0 aliphatic carbocycles. The quantitative estimate of drug-likeness (QED) is 0.734. The Morgan fingerprint density at radius 3 is 2.76 bits per heavy atom. The van der Waals surface area contributed by atoms with Gasteiger partial charge in [0.05, 0.1) is 22.2 Å². The van der Waals surface area contributed by atoms with Crippen LogP contribution in [-0.4, -0.2) is 20.5 Å². The van der Waals surface area contributed by atoms with Crippen molar-refractivity contribution in [3.8, 4) is 0 Å². The molecule has 0 radical (unpaired) electrons. The molecule has 1 atom stereocenters. The third-order valence-electron chi connectivity index (χ3n) is 3.92. The van der Waals surface area contributed by atoms with Gasteiger partial charge in [0, 0.05) is 12.7 Å². The van der Waals surface area contributed by atoms with Gasteiger partial charge < -0.3 is 9.72 Å². The van der Waals surface area contributed by atoms with Crippen LogP contribution in [0.2, 0.25) is 0 Å². The number of aromatic nitrogens is 3. The third kappa shape index (κ3) is 3.21. The van der Waals surface area contributed by atoms with Crippen LogP contribution >= 0.6 is 0 Å². The average Bonchev–Trinajstić information content (AvgIpc) is 2.62. The monoisotopic (exact) mass is 339 g/mol. The van der Waals surface area contributed by atoms with Crippen molar-refractivity contribution in [1.82, 2.24) is 14.5 Å². The molecule has 0 spiro atoms. The van der Waals surface area contributed by atoms with Crippen molar-refractivity contribution in [3.63, 3.8) is 0 Å². The van der Waals surface area contributed by atoms with E-state index in [4.69, 9.17) is 4.74 Å². The van der Waals surface area contributed by atoms with Crippen molar-refractivity contribution in [3.05, 3.63) is 74.7 Å². The van der Waals surface area contributed by atoms with Gasteiger partial charge in [-0.25, -0.2) is 9.59 Å². The number of hydrogen-bond donors (Lipinski definition) is 1. The molecule has 7 heteroatoms. The summed E-state index contributed by atoms with van der Waals surface area (Å²) in [7, 11) is 0. The minimum Gasteiger partial charge on any atom is -0.453 e. The minimum atomic E-state index is -0.555. The summed E-state index contributed by atoms with van der Waals surface area (Å²) in [4.78, 5) is 43.3. The van der Waals surface area contributed by atoms with E-state index < -0.39 is 17.8 Å². The van der Waals surface area contributed by atoms with Crippen LogP contribution in [0.5, 0.6) is 0 Å². The third-order valence-corrected chi connectivity index (χ3v) is 3.92. The number of nitrogens with zero attached hydrogens (tertiary/aromatic N) is 2. The van der Waals surface area contributed by atoms with E-state index in [2.05, 4.69) is 9.97 Å². The lowest BCUT2D eigenvalue weighted by molar-refractivity contribution is 0.0329. The summed E-state index contributed by atoms with van der Waals surface area (Å²) < 4.78 is 6.50. The second-order valence-electron chi connectivity index (χ2n) is 5.54. The van der Waals surface area contributed by atoms with E-state index >= 15 is 0 Å². The largest absolute Gasteiger partial charge is 0.453 e. The van der Waals surface area contributed by atoms with Crippen molar-refractivity contribution < 1.29 is 9.53 Å². The van der Waals surface area contributed by atoms with E-state index in [0.717, 1.165) is 4.57 Å². The fourth-order valence-corrected chi connectivity index (χ4v) is 2.57. The van der Waals surface area contributed by atoms with Crippen LogP contribution in [-0.2, 0) is 11.3 Å². The first-order valence-electron chi connectivity index (χ1n) is 7.90. The molecule has 1 N–H and O–H groups in total. The number of nitrogens with one attached hydrogen (secondary N) is 1. The van der Waals surface area contributed by atoms with E-state index in [1.807, 2.05) is 6.07 Å². The predicted octanol–water partition coefficient (Wildman–Crippen LogP) is 2.02. The molecule has 0 amide bonds. The van der Waals surface area contributed by atoms with Gasteiger partial charge in [0.2, 0.25) is 0 Å². The Kier molecular flexibility index (Phi) is 4.47. The van der Waals surface area contributed by atoms with Gasteiger partial charge >= 0.3 is 11.7 Å². The Balaban J connectivity index is 1.93. The fraction of sp³-hybridized carbons (Fsp3) is 0.222. The Morgan fingerprint density at radius 2 is 2.08 bits per heavy atom. The van der Waals surface area contributed by atoms with Crippen LogP contribution in [0.4, 0.5) is 0 Å². The molecule has 128 valence electrons. The first kappa shape index (κ1) is 16.6. The maximum Gasteiger partial charge on any atom is 0.338 e. The number of aromatic amines is 1. The Bertz CT molecular complexity index is 1040. The first-order valence-corrected chi connectivity index (χ1v) is 7.90. The van der Waals surface area contributed by atoms with Crippen LogP contribution < -0.4 is 11.2 Å². The smallest absolute Gasteiger partial charge is 0.338 e. The SMILES string of the molecule is CCn1c(=O)[nH]c2cc(C(=O)OC(C)c3ccccn3)ccc2c1=O. The second kappa shape index (κ2) is 6.72. The minimum absolute atomic E-state index is 0.250. The molecule has 1 unspecified atom stereocenters. The first-order chi connectivity index (χ1) is 12.0. The molecule has 0 saturated carbocycles. The highest BCUT2D eigenvalue weighted by molar-refractivity contribution is 5.94. The maximum absolute atomic E-state index is 12.3. The van der Waals surface area contributed by atoms with Gasteiger partial charge in [-0.15, -0.1) is 0 Å². The van der Waals surface area contributed by atoms with Gasteiger partial charge in [-0.05, 0) is 44.2 Å². The summed E-state index contributed by atoms with van der Waals surface area (Å²) in [6.45, 7) is 3.71. The number of carbonyl (C=O) groups is 1. The highest BCUT2D eigenvalue weighted by atomic mass is 16.5. The van der Waals surface area contributed by atoms with Crippen molar-refractivity contribution in [2.24, 2.45) is 0 Å². The molecule has 0 fully saturated rings. The van der Waals surface area contributed by atoms with Crippen LogP contribution in [0.3, 0.4) is 0 Å². The summed E-state index contributed by atoms with van der Waals surface area (Å²) in [5, 5.41) is 0.343. The predicted molar refractivity (Wildman–Crippen MR) is 92.6 cm³/mol. The molecule has 25 heavy (non-hydrogen) atoms. The molecule has 0 aliphatic rings. The molecule has 0 aliphatic heterocycles. The average molecular weight is 339 g/mol. The number of fused-ring (bicyclic) bond motifs is 1. The highest BCUT2D eigenvalue weighted by Gasteiger charge is 2.16. The lowest BCUT2D eigenvalue weighted by Crippen LogP contribution is -2.34. The van der Waals surface area contributed by atoms with Crippen molar-refractivity contribution in [2.75, 3.05) is 0 Å². The second-order valence-corrected chi connectivity index (χ2v) is 5.54. The molecule has 2 heterocycles. The summed E-state index contributed by atoms with van der Waals surface area (Å²) in [5.41, 5.74) is 0.297. The lowest BCUT2D eigenvalue weighted by Gasteiger charge is -2.13. The number of benzene rings is 1. The van der Waals surface area contributed by atoms with Gasteiger partial charge in [0.1, 0.15) is 6.10 Å². The fourth-order valence-electron chi connectivity index (χ4n) is 2.57. The number of rotatable bonds is 4.